The summed E-state index contributed by atoms with van der Waals surface area (Å²) in [5, 5.41) is 2.50. The molecule has 0 atom stereocenters. The Morgan fingerprint density at radius 3 is 1.70 bits per heavy atom. The standard InChI is InChI=1S/C15H14N2OS.H3N/c16-15(19)17-14(18)13(11-7-3-1-4-8-11)12-9-5-2-6-10-12;/h1-10,13H,(H3,16,17,18,19);1H3. The molecule has 2 aromatic rings. The Kier molecular flexibility index (Phi) is 5.83. The zero-order valence-corrected chi connectivity index (χ0v) is 11.8. The number of carbonyl (C=O) groups is 1. The molecule has 0 saturated heterocycles. The summed E-state index contributed by atoms with van der Waals surface area (Å²) in [6.07, 6.45) is 0. The fourth-order valence-electron chi connectivity index (χ4n) is 1.98. The van der Waals surface area contributed by atoms with Crippen LogP contribution in [-0.4, -0.2) is 11.0 Å². The van der Waals surface area contributed by atoms with E-state index in [1.54, 1.807) is 0 Å². The molecule has 0 radical (unpaired) electrons. The number of nitrogens with two attached hydrogens (primary N) is 1. The summed E-state index contributed by atoms with van der Waals surface area (Å²) in [6, 6.07) is 19.1. The lowest BCUT2D eigenvalue weighted by Crippen LogP contribution is -2.38. The van der Waals surface area contributed by atoms with Crippen LogP contribution < -0.4 is 17.2 Å². The zero-order valence-electron chi connectivity index (χ0n) is 11.0. The number of nitrogens with one attached hydrogen (secondary N) is 1. The van der Waals surface area contributed by atoms with Crippen molar-refractivity contribution in [3.05, 3.63) is 71.8 Å². The van der Waals surface area contributed by atoms with Gasteiger partial charge in [-0.2, -0.15) is 0 Å². The van der Waals surface area contributed by atoms with Gasteiger partial charge >= 0.3 is 0 Å². The maximum atomic E-state index is 12.3. The van der Waals surface area contributed by atoms with Crippen molar-refractivity contribution in [3.63, 3.8) is 0 Å². The molecule has 1 amide bonds. The van der Waals surface area contributed by atoms with Gasteiger partial charge in [0.15, 0.2) is 5.11 Å². The highest BCUT2D eigenvalue weighted by atomic mass is 32.1. The topological polar surface area (TPSA) is 90.1 Å². The number of rotatable bonds is 3. The van der Waals surface area contributed by atoms with Gasteiger partial charge in [-0.25, -0.2) is 0 Å². The molecule has 0 heterocycles. The molecule has 0 fully saturated rings. The van der Waals surface area contributed by atoms with E-state index in [2.05, 4.69) is 5.32 Å². The van der Waals surface area contributed by atoms with E-state index in [1.807, 2.05) is 60.7 Å². The molecule has 5 heteroatoms. The number of hydrogen-bond donors (Lipinski definition) is 3. The Bertz CT molecular complexity index is 533. The first-order valence-corrected chi connectivity index (χ1v) is 6.29. The van der Waals surface area contributed by atoms with E-state index < -0.39 is 5.92 Å². The van der Waals surface area contributed by atoms with Crippen LogP contribution in [0.4, 0.5) is 0 Å². The van der Waals surface area contributed by atoms with Gasteiger partial charge in [-0.3, -0.25) is 4.79 Å². The molecule has 0 aliphatic heterocycles. The zero-order chi connectivity index (χ0) is 13.7. The summed E-state index contributed by atoms with van der Waals surface area (Å²) in [5.74, 6) is -0.631. The number of thiocarbonyl (C=S) groups is 1. The summed E-state index contributed by atoms with van der Waals surface area (Å²) in [5.41, 5.74) is 7.20. The van der Waals surface area contributed by atoms with E-state index >= 15 is 0 Å². The van der Waals surface area contributed by atoms with Crippen LogP contribution in [-0.2, 0) is 4.79 Å². The van der Waals surface area contributed by atoms with Crippen LogP contribution in [0.25, 0.3) is 0 Å². The van der Waals surface area contributed by atoms with Gasteiger partial charge in [0.05, 0.1) is 5.92 Å². The van der Waals surface area contributed by atoms with Crippen molar-refractivity contribution in [3.8, 4) is 0 Å². The molecule has 0 aliphatic carbocycles. The molecule has 2 aromatic carbocycles. The van der Waals surface area contributed by atoms with Crippen LogP contribution in [0.2, 0.25) is 0 Å². The minimum atomic E-state index is -0.413. The monoisotopic (exact) mass is 287 g/mol. The highest BCUT2D eigenvalue weighted by molar-refractivity contribution is 7.80. The Hall–Kier alpha value is -2.24. The van der Waals surface area contributed by atoms with Crippen LogP contribution >= 0.6 is 12.2 Å². The summed E-state index contributed by atoms with van der Waals surface area (Å²) in [6.45, 7) is 0. The molecule has 0 saturated carbocycles. The maximum absolute atomic E-state index is 12.3. The average Bonchev–Trinajstić information content (AvgIpc) is 2.40. The minimum absolute atomic E-state index is 0. The van der Waals surface area contributed by atoms with Gasteiger partial charge in [-0.1, -0.05) is 60.7 Å². The quantitative estimate of drug-likeness (QED) is 0.756. The van der Waals surface area contributed by atoms with E-state index in [0.717, 1.165) is 11.1 Å². The van der Waals surface area contributed by atoms with Crippen molar-refractivity contribution < 1.29 is 4.79 Å². The first-order valence-electron chi connectivity index (χ1n) is 5.88. The summed E-state index contributed by atoms with van der Waals surface area (Å²) < 4.78 is 0. The molecule has 0 unspecified atom stereocenters. The Balaban J connectivity index is 0.00000200. The molecule has 2 rings (SSSR count). The van der Waals surface area contributed by atoms with E-state index in [4.69, 9.17) is 18.0 Å². The largest absolute Gasteiger partial charge is 0.376 e. The fourth-order valence-corrected chi connectivity index (χ4v) is 2.08. The smallest absolute Gasteiger partial charge is 0.238 e. The lowest BCUT2D eigenvalue weighted by atomic mass is 9.90. The number of amides is 1. The summed E-state index contributed by atoms with van der Waals surface area (Å²) >= 11 is 4.74. The molecule has 20 heavy (non-hydrogen) atoms. The van der Waals surface area contributed by atoms with Gasteiger partial charge in [0, 0.05) is 0 Å². The van der Waals surface area contributed by atoms with E-state index in [0.29, 0.717) is 0 Å². The second-order valence-corrected chi connectivity index (χ2v) is 4.55. The second kappa shape index (κ2) is 7.37. The Morgan fingerprint density at radius 2 is 1.35 bits per heavy atom. The molecular weight excluding hydrogens is 270 g/mol. The highest BCUT2D eigenvalue weighted by Gasteiger charge is 2.22. The lowest BCUT2D eigenvalue weighted by Gasteiger charge is -2.17. The molecule has 4 nitrogen and oxygen atoms in total. The molecule has 0 aromatic heterocycles. The molecule has 0 aliphatic rings. The number of carbonyl (C=O) groups excluding carboxylic acids is 1. The van der Waals surface area contributed by atoms with Crippen LogP contribution in [0.15, 0.2) is 60.7 Å². The third-order valence-corrected chi connectivity index (χ3v) is 2.88. The first-order chi connectivity index (χ1) is 9.18. The van der Waals surface area contributed by atoms with Gasteiger partial charge < -0.3 is 17.2 Å². The van der Waals surface area contributed by atoms with E-state index in [1.165, 1.54) is 0 Å². The third kappa shape index (κ3) is 3.88. The predicted octanol–water partition coefficient (Wildman–Crippen LogP) is 2.34. The van der Waals surface area contributed by atoms with Crippen molar-refractivity contribution >= 4 is 23.2 Å². The van der Waals surface area contributed by atoms with Crippen LogP contribution in [0.5, 0.6) is 0 Å². The summed E-state index contributed by atoms with van der Waals surface area (Å²) in [7, 11) is 0. The van der Waals surface area contributed by atoms with Crippen molar-refractivity contribution in [2.75, 3.05) is 0 Å². The Labute approximate surface area is 123 Å². The number of benzene rings is 2. The lowest BCUT2D eigenvalue weighted by molar-refractivity contribution is -0.120. The average molecular weight is 287 g/mol. The van der Waals surface area contributed by atoms with Crippen molar-refractivity contribution in [1.29, 1.82) is 0 Å². The SMILES string of the molecule is N.NC(=S)NC(=O)C(c1ccccc1)c1ccccc1. The highest BCUT2D eigenvalue weighted by Crippen LogP contribution is 2.24. The summed E-state index contributed by atoms with van der Waals surface area (Å²) in [4.78, 5) is 12.3. The minimum Gasteiger partial charge on any atom is -0.376 e. The van der Waals surface area contributed by atoms with E-state index in [9.17, 15) is 4.79 Å². The van der Waals surface area contributed by atoms with Crippen LogP contribution in [0.3, 0.4) is 0 Å². The molecule has 6 N–H and O–H groups in total. The van der Waals surface area contributed by atoms with Gasteiger partial charge in [0.2, 0.25) is 5.91 Å². The van der Waals surface area contributed by atoms with Gasteiger partial charge in [-0.05, 0) is 23.3 Å². The molecular formula is C15H17N3OS. The van der Waals surface area contributed by atoms with E-state index in [-0.39, 0.29) is 17.2 Å². The Morgan fingerprint density at radius 1 is 0.950 bits per heavy atom. The maximum Gasteiger partial charge on any atom is 0.238 e. The number of hydrogen-bond acceptors (Lipinski definition) is 3. The first kappa shape index (κ1) is 15.8. The third-order valence-electron chi connectivity index (χ3n) is 2.77. The van der Waals surface area contributed by atoms with Gasteiger partial charge in [-0.15, -0.1) is 0 Å². The molecule has 0 bridgehead atoms. The van der Waals surface area contributed by atoms with Crippen molar-refractivity contribution in [2.24, 2.45) is 5.73 Å². The fraction of sp³-hybridized carbons (Fsp3) is 0.0667. The van der Waals surface area contributed by atoms with Crippen LogP contribution in [0.1, 0.15) is 17.0 Å². The second-order valence-electron chi connectivity index (χ2n) is 4.11. The molecule has 104 valence electrons. The van der Waals surface area contributed by atoms with Gasteiger partial charge in [0.1, 0.15) is 0 Å². The normalized spacial score (nSPS) is 9.65. The van der Waals surface area contributed by atoms with Gasteiger partial charge in [0.25, 0.3) is 0 Å². The van der Waals surface area contributed by atoms with Crippen molar-refractivity contribution in [1.82, 2.24) is 11.5 Å². The van der Waals surface area contributed by atoms with Crippen LogP contribution in [0, 0.1) is 0 Å². The van der Waals surface area contributed by atoms with Crippen molar-refractivity contribution in [2.45, 2.75) is 5.92 Å². The predicted molar refractivity (Wildman–Crippen MR) is 84.7 cm³/mol. The molecule has 0 spiro atoms.